The van der Waals surface area contributed by atoms with Gasteiger partial charge in [0.25, 0.3) is 0 Å². The van der Waals surface area contributed by atoms with E-state index in [1.165, 1.54) is 27.6 Å². The maximum atomic E-state index is 6.91. The first-order valence-electron chi connectivity index (χ1n) is 17.0. The van der Waals surface area contributed by atoms with Gasteiger partial charge in [-0.3, -0.25) is 9.56 Å². The maximum Gasteiger partial charge on any atom is 0.145 e. The van der Waals surface area contributed by atoms with Crippen LogP contribution >= 0.6 is 11.8 Å². The lowest BCUT2D eigenvalue weighted by molar-refractivity contribution is 0.478. The number of fused-ring (bicyclic) bond motifs is 6. The molecule has 0 bridgehead atoms. The highest BCUT2D eigenvalue weighted by Gasteiger charge is 2.38. The molecule has 1 aliphatic carbocycles. The van der Waals surface area contributed by atoms with Crippen molar-refractivity contribution in [3.8, 4) is 28.3 Å². The molecular weight excluding hydrogens is 619 g/mol. The number of aromatic nitrogens is 2. The average Bonchev–Trinajstić information content (AvgIpc) is 3.77. The summed E-state index contributed by atoms with van der Waals surface area (Å²) >= 11 is 1.89. The molecule has 240 valence electrons. The third-order valence-corrected chi connectivity index (χ3v) is 11.2. The molecule has 0 N–H and O–H groups in total. The number of ether oxygens (including phenoxy) is 1. The number of aliphatic imine (C=N–C) groups is 1. The molecule has 0 fully saturated rings. The number of hydrogen-bond acceptors (Lipinski definition) is 4. The molecule has 0 radical (unpaired) electrons. The van der Waals surface area contributed by atoms with E-state index in [2.05, 4.69) is 148 Å². The summed E-state index contributed by atoms with van der Waals surface area (Å²) in [7, 11) is 0. The van der Waals surface area contributed by atoms with E-state index in [1.807, 2.05) is 24.0 Å². The van der Waals surface area contributed by atoms with Crippen LogP contribution in [0, 0.1) is 6.92 Å². The van der Waals surface area contributed by atoms with E-state index in [9.17, 15) is 0 Å². The summed E-state index contributed by atoms with van der Waals surface area (Å²) in [5.41, 5.74) is 11.7. The third-order valence-electron chi connectivity index (χ3n) is 9.86. The highest BCUT2D eigenvalue weighted by molar-refractivity contribution is 8.15. The van der Waals surface area contributed by atoms with Gasteiger partial charge in [0.05, 0.1) is 27.5 Å². The van der Waals surface area contributed by atoms with Crippen LogP contribution in [-0.4, -0.2) is 20.6 Å². The van der Waals surface area contributed by atoms with Crippen LogP contribution in [0.15, 0.2) is 133 Å². The molecule has 5 aromatic carbocycles. The molecule has 7 aromatic rings. The van der Waals surface area contributed by atoms with E-state index < -0.39 is 0 Å². The van der Waals surface area contributed by atoms with Crippen molar-refractivity contribution < 1.29 is 4.74 Å². The Bertz CT molecular complexity index is 2440. The van der Waals surface area contributed by atoms with Gasteiger partial charge in [-0.1, -0.05) is 98.8 Å². The van der Waals surface area contributed by atoms with Gasteiger partial charge >= 0.3 is 0 Å². The molecule has 0 amide bonds. The second-order valence-corrected chi connectivity index (χ2v) is 15.5. The molecule has 0 saturated carbocycles. The predicted octanol–water partition coefficient (Wildman–Crippen LogP) is 11.4. The minimum atomic E-state index is -0.1000. The van der Waals surface area contributed by atoms with E-state index in [4.69, 9.17) is 14.7 Å². The van der Waals surface area contributed by atoms with Crippen molar-refractivity contribution in [3.63, 3.8) is 0 Å². The second kappa shape index (κ2) is 11.5. The second-order valence-electron chi connectivity index (χ2n) is 14.4. The maximum absolute atomic E-state index is 6.91. The lowest BCUT2D eigenvalue weighted by atomic mass is 9.86. The molecular formula is C44H37N3OS. The Balaban J connectivity index is 1.16. The van der Waals surface area contributed by atoms with E-state index in [0.717, 1.165) is 61.9 Å². The molecule has 2 aromatic heterocycles. The fourth-order valence-corrected chi connectivity index (χ4v) is 8.74. The quantitative estimate of drug-likeness (QED) is 0.185. The summed E-state index contributed by atoms with van der Waals surface area (Å²) in [6, 6.07) is 43.7. The minimum absolute atomic E-state index is 0.1000. The molecule has 9 rings (SSSR count). The molecule has 5 heteroatoms. The molecule has 0 spiro atoms. The smallest absolute Gasteiger partial charge is 0.145 e. The predicted molar refractivity (Wildman–Crippen MR) is 205 cm³/mol. The molecule has 1 aliphatic heterocycles. The molecule has 0 unspecified atom stereocenters. The van der Waals surface area contributed by atoms with Crippen molar-refractivity contribution in [2.75, 3.05) is 0 Å². The Morgan fingerprint density at radius 3 is 2.39 bits per heavy atom. The van der Waals surface area contributed by atoms with Crippen LogP contribution in [0.25, 0.3) is 38.8 Å². The molecule has 4 nitrogen and oxygen atoms in total. The topological polar surface area (TPSA) is 39.4 Å². The molecule has 2 aliphatic rings. The van der Waals surface area contributed by atoms with E-state index in [0.29, 0.717) is 5.25 Å². The van der Waals surface area contributed by atoms with Gasteiger partial charge in [0, 0.05) is 28.6 Å². The summed E-state index contributed by atoms with van der Waals surface area (Å²) in [4.78, 5) is 10.2. The fourth-order valence-electron chi connectivity index (χ4n) is 7.38. The first-order valence-corrected chi connectivity index (χ1v) is 17.9. The molecule has 3 heterocycles. The lowest BCUT2D eigenvalue weighted by Crippen LogP contribution is -2.12. The van der Waals surface area contributed by atoms with E-state index in [1.54, 1.807) is 0 Å². The monoisotopic (exact) mass is 655 g/mol. The zero-order valence-electron chi connectivity index (χ0n) is 28.1. The van der Waals surface area contributed by atoms with E-state index in [-0.39, 0.29) is 11.5 Å². The van der Waals surface area contributed by atoms with Crippen molar-refractivity contribution in [2.45, 2.75) is 50.8 Å². The van der Waals surface area contributed by atoms with Gasteiger partial charge in [0.15, 0.2) is 0 Å². The Hall–Kier alpha value is -5.13. The number of rotatable bonds is 5. The SMILES string of the molecule is Cc1ccc2c(c1)c1cccnc1n2-c1cc(Oc2cc(C3=N[C@@H]4Cc5ccccc5[C@@H]4S3)cc(-c3ccccc3)c2)cc(C(C)(C)C)c1. The standard InChI is InChI=1S/C44H37N3OS/c1-27-16-17-40-38(19-27)37-15-10-18-45-42(37)47(40)33-24-32(44(2,3)4)25-35(26-33)48-34-21-30(28-11-6-5-7-12-28)20-31(22-34)43-46-39-23-29-13-8-9-14-36(29)41(39)49-43/h5-22,24-26,39,41H,23H2,1-4H3/t39-,41+/m1/s1. The molecule has 0 saturated heterocycles. The van der Waals surface area contributed by atoms with Gasteiger partial charge in [0.2, 0.25) is 0 Å². The highest BCUT2D eigenvalue weighted by Crippen LogP contribution is 2.49. The van der Waals surface area contributed by atoms with Crippen LogP contribution in [-0.2, 0) is 11.8 Å². The lowest BCUT2D eigenvalue weighted by Gasteiger charge is -2.22. The van der Waals surface area contributed by atoms with Gasteiger partial charge in [-0.05, 0) is 101 Å². The molecule has 49 heavy (non-hydrogen) atoms. The van der Waals surface area contributed by atoms with Gasteiger partial charge in [-0.15, -0.1) is 0 Å². The van der Waals surface area contributed by atoms with Crippen LogP contribution in [0.4, 0.5) is 0 Å². The van der Waals surface area contributed by atoms with Crippen molar-refractivity contribution in [1.29, 1.82) is 0 Å². The normalized spacial score (nSPS) is 16.9. The summed E-state index contributed by atoms with van der Waals surface area (Å²) in [6.07, 6.45) is 2.88. The largest absolute Gasteiger partial charge is 0.457 e. The van der Waals surface area contributed by atoms with Crippen LogP contribution in [0.1, 0.15) is 53.8 Å². The zero-order valence-corrected chi connectivity index (χ0v) is 29.0. The Morgan fingerprint density at radius 2 is 1.53 bits per heavy atom. The van der Waals surface area contributed by atoms with Gasteiger partial charge < -0.3 is 4.74 Å². The van der Waals surface area contributed by atoms with E-state index >= 15 is 0 Å². The summed E-state index contributed by atoms with van der Waals surface area (Å²) in [5.74, 6) is 1.59. The zero-order chi connectivity index (χ0) is 33.3. The van der Waals surface area contributed by atoms with Crippen molar-refractivity contribution in [3.05, 3.63) is 155 Å². The van der Waals surface area contributed by atoms with Crippen LogP contribution in [0.3, 0.4) is 0 Å². The van der Waals surface area contributed by atoms with Crippen molar-refractivity contribution in [1.82, 2.24) is 9.55 Å². The van der Waals surface area contributed by atoms with Crippen LogP contribution < -0.4 is 4.74 Å². The van der Waals surface area contributed by atoms with Crippen LogP contribution in [0.2, 0.25) is 0 Å². The number of pyridine rings is 1. The number of aryl methyl sites for hydroxylation is 1. The summed E-state index contributed by atoms with van der Waals surface area (Å²) in [5, 5.41) is 3.80. The number of benzene rings is 5. The minimum Gasteiger partial charge on any atom is -0.457 e. The first kappa shape index (κ1) is 30.0. The van der Waals surface area contributed by atoms with Gasteiger partial charge in [-0.2, -0.15) is 0 Å². The fraction of sp³-hybridized carbons (Fsp3) is 0.182. The summed E-state index contributed by atoms with van der Waals surface area (Å²) in [6.45, 7) is 8.90. The highest BCUT2D eigenvalue weighted by atomic mass is 32.2. The third kappa shape index (κ3) is 5.33. The average molecular weight is 656 g/mol. The Labute approximate surface area is 291 Å². The first-order chi connectivity index (χ1) is 23.8. The number of hydrogen-bond donors (Lipinski definition) is 0. The van der Waals surface area contributed by atoms with Gasteiger partial charge in [-0.25, -0.2) is 4.98 Å². The summed E-state index contributed by atoms with van der Waals surface area (Å²) < 4.78 is 9.19. The number of nitrogens with zero attached hydrogens (tertiary/aromatic N) is 3. The number of thioether (sulfide) groups is 1. The molecule has 2 atom stereocenters. The van der Waals surface area contributed by atoms with Gasteiger partial charge in [0.1, 0.15) is 17.1 Å². The Morgan fingerprint density at radius 1 is 0.735 bits per heavy atom. The Kier molecular flexibility index (Phi) is 7.03. The van der Waals surface area contributed by atoms with Crippen molar-refractivity contribution >= 4 is 38.7 Å². The van der Waals surface area contributed by atoms with Crippen LogP contribution in [0.5, 0.6) is 11.5 Å². The van der Waals surface area contributed by atoms with Crippen molar-refractivity contribution in [2.24, 2.45) is 4.99 Å².